The zero-order valence-corrected chi connectivity index (χ0v) is 14.3. The molecule has 0 saturated carbocycles. The van der Waals surface area contributed by atoms with Crippen LogP contribution < -0.4 is 4.74 Å². The minimum absolute atomic E-state index is 0.0932. The summed E-state index contributed by atoms with van der Waals surface area (Å²) >= 11 is 3.37. The van der Waals surface area contributed by atoms with Crippen LogP contribution >= 0.6 is 15.9 Å². The first-order chi connectivity index (χ1) is 10.4. The van der Waals surface area contributed by atoms with Gasteiger partial charge in [-0.05, 0) is 36.8 Å². The zero-order chi connectivity index (χ0) is 15.9. The highest BCUT2D eigenvalue weighted by Crippen LogP contribution is 2.32. The van der Waals surface area contributed by atoms with Crippen molar-refractivity contribution in [2.24, 2.45) is 0 Å². The zero-order valence-electron chi connectivity index (χ0n) is 11.9. The maximum absolute atomic E-state index is 13.0. The highest BCUT2D eigenvalue weighted by molar-refractivity contribution is 9.10. The van der Waals surface area contributed by atoms with E-state index in [9.17, 15) is 8.42 Å². The molecule has 0 amide bonds. The minimum atomic E-state index is -3.81. The Bertz CT molecular complexity index is 964. The van der Waals surface area contributed by atoms with Crippen LogP contribution in [0.25, 0.3) is 11.0 Å². The first-order valence-corrected chi connectivity index (χ1v) is 8.70. The van der Waals surface area contributed by atoms with Crippen molar-refractivity contribution in [1.82, 2.24) is 8.96 Å². The van der Waals surface area contributed by atoms with Crippen molar-refractivity contribution in [3.8, 4) is 5.75 Å². The SMILES string of the molecule is COc1cc(C)c(Br)cc1S(=O)(=O)n1cnc2ccccc21. The summed E-state index contributed by atoms with van der Waals surface area (Å²) in [5.74, 6) is 0.304. The normalized spacial score (nSPS) is 11.8. The first kappa shape index (κ1) is 15.1. The number of fused-ring (bicyclic) bond motifs is 1. The van der Waals surface area contributed by atoms with E-state index in [0.29, 0.717) is 21.3 Å². The topological polar surface area (TPSA) is 61.2 Å². The number of ether oxygens (including phenoxy) is 1. The number of halogens is 1. The standard InChI is InChI=1S/C15H13BrN2O3S/c1-10-7-14(21-2)15(8-11(10)16)22(19,20)18-9-17-12-5-3-4-6-13(12)18/h3-9H,1-2H3. The minimum Gasteiger partial charge on any atom is -0.495 e. The Morgan fingerprint density at radius 1 is 1.23 bits per heavy atom. The molecule has 5 nitrogen and oxygen atoms in total. The smallest absolute Gasteiger partial charge is 0.273 e. The summed E-state index contributed by atoms with van der Waals surface area (Å²) in [5, 5.41) is 0. The third kappa shape index (κ3) is 2.30. The fourth-order valence-electron chi connectivity index (χ4n) is 2.23. The van der Waals surface area contributed by atoms with Crippen LogP contribution in [0.4, 0.5) is 0 Å². The van der Waals surface area contributed by atoms with Gasteiger partial charge in [0.15, 0.2) is 0 Å². The molecule has 0 radical (unpaired) electrons. The van der Waals surface area contributed by atoms with E-state index in [4.69, 9.17) is 4.74 Å². The Balaban J connectivity index is 2.29. The van der Waals surface area contributed by atoms with Crippen LogP contribution in [0.5, 0.6) is 5.75 Å². The second-order valence-electron chi connectivity index (χ2n) is 4.79. The molecule has 0 aliphatic heterocycles. The molecule has 0 aliphatic carbocycles. The van der Waals surface area contributed by atoms with Crippen LogP contribution in [0.2, 0.25) is 0 Å². The van der Waals surface area contributed by atoms with Gasteiger partial charge in [0.25, 0.3) is 10.0 Å². The Labute approximate surface area is 136 Å². The van der Waals surface area contributed by atoms with Crippen LogP contribution in [0, 0.1) is 6.92 Å². The summed E-state index contributed by atoms with van der Waals surface area (Å²) in [7, 11) is -2.35. The number of hydrogen-bond donors (Lipinski definition) is 0. The van der Waals surface area contributed by atoms with E-state index in [1.807, 2.05) is 13.0 Å². The molecule has 0 saturated heterocycles. The van der Waals surface area contributed by atoms with Crippen molar-refractivity contribution in [1.29, 1.82) is 0 Å². The molecule has 0 spiro atoms. The first-order valence-electron chi connectivity index (χ1n) is 6.47. The van der Waals surface area contributed by atoms with Crippen LogP contribution in [0.1, 0.15) is 5.56 Å². The number of aromatic nitrogens is 2. The molecule has 0 fully saturated rings. The predicted octanol–water partition coefficient (Wildman–Crippen LogP) is 3.35. The largest absolute Gasteiger partial charge is 0.495 e. The van der Waals surface area contributed by atoms with Crippen LogP contribution in [-0.2, 0) is 10.0 Å². The number of para-hydroxylation sites is 2. The van der Waals surface area contributed by atoms with E-state index in [1.165, 1.54) is 17.4 Å². The predicted molar refractivity (Wildman–Crippen MR) is 87.7 cm³/mol. The number of nitrogens with zero attached hydrogens (tertiary/aromatic N) is 2. The van der Waals surface area contributed by atoms with Gasteiger partial charge >= 0.3 is 0 Å². The third-order valence-corrected chi connectivity index (χ3v) is 5.94. The molecule has 0 atom stereocenters. The van der Waals surface area contributed by atoms with E-state index in [-0.39, 0.29) is 4.90 Å². The van der Waals surface area contributed by atoms with Gasteiger partial charge in [0.05, 0.1) is 18.1 Å². The van der Waals surface area contributed by atoms with Gasteiger partial charge < -0.3 is 4.74 Å². The summed E-state index contributed by atoms with van der Waals surface area (Å²) in [6, 6.07) is 10.3. The lowest BCUT2D eigenvalue weighted by atomic mass is 10.2. The summed E-state index contributed by atoms with van der Waals surface area (Å²) < 4.78 is 33.1. The highest BCUT2D eigenvalue weighted by Gasteiger charge is 2.24. The van der Waals surface area contributed by atoms with Crippen LogP contribution in [-0.4, -0.2) is 24.5 Å². The molecule has 22 heavy (non-hydrogen) atoms. The number of hydrogen-bond acceptors (Lipinski definition) is 4. The van der Waals surface area contributed by atoms with Crippen molar-refractivity contribution in [3.63, 3.8) is 0 Å². The van der Waals surface area contributed by atoms with Crippen molar-refractivity contribution in [2.45, 2.75) is 11.8 Å². The van der Waals surface area contributed by atoms with Gasteiger partial charge in [-0.1, -0.05) is 28.1 Å². The van der Waals surface area contributed by atoms with Crippen LogP contribution in [0.15, 0.2) is 52.1 Å². The van der Waals surface area contributed by atoms with Gasteiger partial charge in [0.1, 0.15) is 17.0 Å². The average molecular weight is 381 g/mol. The lowest BCUT2D eigenvalue weighted by Gasteiger charge is -2.12. The molecule has 3 rings (SSSR count). The second-order valence-corrected chi connectivity index (χ2v) is 7.42. The van der Waals surface area contributed by atoms with Gasteiger partial charge in [-0.25, -0.2) is 17.4 Å². The summed E-state index contributed by atoms with van der Waals surface area (Å²) in [6.07, 6.45) is 1.31. The lowest BCUT2D eigenvalue weighted by molar-refractivity contribution is 0.402. The van der Waals surface area contributed by atoms with Gasteiger partial charge in [0, 0.05) is 4.47 Å². The fraction of sp³-hybridized carbons (Fsp3) is 0.133. The number of imidazole rings is 1. The summed E-state index contributed by atoms with van der Waals surface area (Å²) in [6.45, 7) is 1.87. The van der Waals surface area contributed by atoms with Gasteiger partial charge in [-0.3, -0.25) is 0 Å². The maximum Gasteiger partial charge on any atom is 0.273 e. The van der Waals surface area contributed by atoms with E-state index >= 15 is 0 Å². The maximum atomic E-state index is 13.0. The highest BCUT2D eigenvalue weighted by atomic mass is 79.9. The summed E-state index contributed by atoms with van der Waals surface area (Å²) in [5.41, 5.74) is 2.05. The quantitative estimate of drug-likeness (QED) is 0.698. The molecule has 3 aromatic rings. The molecule has 0 aliphatic rings. The molecule has 7 heteroatoms. The molecule has 0 N–H and O–H groups in total. The van der Waals surface area contributed by atoms with E-state index in [1.54, 1.807) is 30.3 Å². The molecule has 0 bridgehead atoms. The number of methoxy groups -OCH3 is 1. The number of benzene rings is 2. The van der Waals surface area contributed by atoms with Gasteiger partial charge in [-0.15, -0.1) is 0 Å². The van der Waals surface area contributed by atoms with Gasteiger partial charge in [0.2, 0.25) is 0 Å². The Hall–Kier alpha value is -1.86. The number of aryl methyl sites for hydroxylation is 1. The Kier molecular flexibility index (Phi) is 3.70. The molecular weight excluding hydrogens is 368 g/mol. The van der Waals surface area contributed by atoms with Crippen molar-refractivity contribution in [3.05, 3.63) is 52.8 Å². The van der Waals surface area contributed by atoms with Crippen molar-refractivity contribution < 1.29 is 13.2 Å². The van der Waals surface area contributed by atoms with Crippen molar-refractivity contribution >= 4 is 37.0 Å². The Morgan fingerprint density at radius 3 is 2.68 bits per heavy atom. The molecule has 1 heterocycles. The molecular formula is C15H13BrN2O3S. The van der Waals surface area contributed by atoms with Crippen molar-refractivity contribution in [2.75, 3.05) is 7.11 Å². The fourth-order valence-corrected chi connectivity index (χ4v) is 4.19. The van der Waals surface area contributed by atoms with E-state index in [2.05, 4.69) is 20.9 Å². The molecule has 114 valence electrons. The average Bonchev–Trinajstić information content (AvgIpc) is 2.94. The molecule has 2 aromatic carbocycles. The second kappa shape index (κ2) is 5.40. The Morgan fingerprint density at radius 2 is 1.95 bits per heavy atom. The van der Waals surface area contributed by atoms with E-state index < -0.39 is 10.0 Å². The lowest BCUT2D eigenvalue weighted by Crippen LogP contribution is -2.13. The summed E-state index contributed by atoms with van der Waals surface area (Å²) in [4.78, 5) is 4.23. The molecule has 1 aromatic heterocycles. The van der Waals surface area contributed by atoms with Crippen LogP contribution in [0.3, 0.4) is 0 Å². The molecule has 0 unspecified atom stereocenters. The monoisotopic (exact) mass is 380 g/mol. The van der Waals surface area contributed by atoms with Gasteiger partial charge in [-0.2, -0.15) is 0 Å². The number of rotatable bonds is 3. The third-order valence-electron chi connectivity index (χ3n) is 3.40. The van der Waals surface area contributed by atoms with E-state index in [0.717, 1.165) is 5.56 Å².